The number of aryl methyl sites for hydroxylation is 1. The van der Waals surface area contributed by atoms with Gasteiger partial charge in [0.15, 0.2) is 0 Å². The van der Waals surface area contributed by atoms with E-state index in [4.69, 9.17) is 4.84 Å². The van der Waals surface area contributed by atoms with Gasteiger partial charge in [-0.3, -0.25) is 4.79 Å². The van der Waals surface area contributed by atoms with Crippen LogP contribution >= 0.6 is 0 Å². The minimum Gasteiger partial charge on any atom is -0.374 e. The summed E-state index contributed by atoms with van der Waals surface area (Å²) in [6.07, 6.45) is -5.83. The number of amides is 1. The molecule has 0 aliphatic carbocycles. The lowest BCUT2D eigenvalue weighted by molar-refractivity contribution is -0.276. The van der Waals surface area contributed by atoms with Gasteiger partial charge in [0, 0.05) is 30.2 Å². The number of carbonyl (C=O) groups is 1. The molecule has 1 heterocycles. The van der Waals surface area contributed by atoms with Crippen LogP contribution in [-0.4, -0.2) is 31.0 Å². The molecule has 0 spiro atoms. The Hall–Kier alpha value is -3.04. The summed E-state index contributed by atoms with van der Waals surface area (Å²) < 4.78 is 81.0. The van der Waals surface area contributed by atoms with E-state index in [1.165, 1.54) is 18.2 Å². The third-order valence-electron chi connectivity index (χ3n) is 4.70. The minimum atomic E-state index is -5.01. The fourth-order valence-electron chi connectivity index (χ4n) is 3.20. The molecule has 0 bridgehead atoms. The van der Waals surface area contributed by atoms with E-state index in [0.29, 0.717) is 23.8 Å². The van der Waals surface area contributed by atoms with Crippen LogP contribution < -0.4 is 5.32 Å². The third-order valence-corrected chi connectivity index (χ3v) is 4.70. The van der Waals surface area contributed by atoms with Crippen molar-refractivity contribution in [3.05, 3.63) is 70.3 Å². The molecule has 0 saturated carbocycles. The summed E-state index contributed by atoms with van der Waals surface area (Å²) in [4.78, 5) is 16.7. The number of benzene rings is 2. The summed E-state index contributed by atoms with van der Waals surface area (Å²) in [7, 11) is 0. The van der Waals surface area contributed by atoms with E-state index in [1.54, 1.807) is 6.92 Å². The molecule has 2 aromatic carbocycles. The normalized spacial score (nSPS) is 18.7. The molecule has 1 aliphatic rings. The van der Waals surface area contributed by atoms with Gasteiger partial charge >= 0.3 is 6.18 Å². The van der Waals surface area contributed by atoms with Crippen LogP contribution in [0.5, 0.6) is 0 Å². The number of nitrogens with one attached hydrogen (secondary N) is 1. The first-order valence-electron chi connectivity index (χ1n) is 8.81. The number of carbonyl (C=O) groups excluding carboxylic acids is 1. The summed E-state index contributed by atoms with van der Waals surface area (Å²) in [6, 6.07) is 5.75. The molecule has 2 aromatic rings. The highest BCUT2D eigenvalue weighted by Crippen LogP contribution is 2.49. The second kappa shape index (κ2) is 8.00. The SMILES string of the molecule is Cc1cc(C2=NOC(c3cc(F)cc(F)c3)(C(F)(F)F)C2)ccc1C(=O)NCCF. The first kappa shape index (κ1) is 21.7. The predicted octanol–water partition coefficient (Wildman–Crippen LogP) is 4.55. The lowest BCUT2D eigenvalue weighted by Gasteiger charge is -2.29. The van der Waals surface area contributed by atoms with E-state index < -0.39 is 48.0 Å². The second-order valence-corrected chi connectivity index (χ2v) is 6.76. The highest BCUT2D eigenvalue weighted by atomic mass is 19.4. The van der Waals surface area contributed by atoms with Crippen molar-refractivity contribution in [3.8, 4) is 0 Å². The number of oxime groups is 1. The topological polar surface area (TPSA) is 50.7 Å². The first-order chi connectivity index (χ1) is 14.1. The maximum Gasteiger partial charge on any atom is 0.435 e. The Morgan fingerprint density at radius 1 is 1.17 bits per heavy atom. The van der Waals surface area contributed by atoms with Gasteiger partial charge in [-0.2, -0.15) is 13.2 Å². The number of hydrogen-bond acceptors (Lipinski definition) is 3. The Morgan fingerprint density at radius 2 is 1.83 bits per heavy atom. The molecule has 3 rings (SSSR count). The zero-order valence-corrected chi connectivity index (χ0v) is 15.6. The van der Waals surface area contributed by atoms with Crippen LogP contribution in [0.25, 0.3) is 0 Å². The van der Waals surface area contributed by atoms with Gasteiger partial charge in [-0.25, -0.2) is 13.2 Å². The summed E-state index contributed by atoms with van der Waals surface area (Å²) in [5, 5.41) is 5.88. The van der Waals surface area contributed by atoms with Crippen molar-refractivity contribution in [1.82, 2.24) is 5.32 Å². The number of rotatable bonds is 5. The summed E-state index contributed by atoms with van der Waals surface area (Å²) in [6.45, 7) is 0.652. The molecule has 0 saturated heterocycles. The van der Waals surface area contributed by atoms with Crippen molar-refractivity contribution < 1.29 is 36.0 Å². The van der Waals surface area contributed by atoms with E-state index in [2.05, 4.69) is 10.5 Å². The number of nitrogens with zero attached hydrogens (tertiary/aromatic N) is 1. The minimum absolute atomic E-state index is 0.101. The molecule has 1 N–H and O–H groups in total. The molecular formula is C20H16F6N2O2. The Bertz CT molecular complexity index is 985. The van der Waals surface area contributed by atoms with Gasteiger partial charge < -0.3 is 10.2 Å². The Balaban J connectivity index is 1.93. The molecule has 30 heavy (non-hydrogen) atoms. The van der Waals surface area contributed by atoms with Gasteiger partial charge in [0.05, 0.1) is 5.71 Å². The van der Waals surface area contributed by atoms with Crippen LogP contribution in [0.1, 0.15) is 33.5 Å². The van der Waals surface area contributed by atoms with E-state index in [-0.39, 0.29) is 23.4 Å². The van der Waals surface area contributed by atoms with Gasteiger partial charge in [0.25, 0.3) is 11.5 Å². The molecule has 10 heteroatoms. The molecule has 1 aliphatic heterocycles. The molecule has 160 valence electrons. The van der Waals surface area contributed by atoms with E-state index >= 15 is 0 Å². The number of hydrogen-bond donors (Lipinski definition) is 1. The summed E-state index contributed by atoms with van der Waals surface area (Å²) in [5.74, 6) is -2.88. The first-order valence-corrected chi connectivity index (χ1v) is 8.81. The van der Waals surface area contributed by atoms with Crippen LogP contribution in [0.4, 0.5) is 26.3 Å². The molecule has 1 atom stereocenters. The Morgan fingerprint density at radius 3 is 2.40 bits per heavy atom. The maximum absolute atomic E-state index is 13.9. The monoisotopic (exact) mass is 430 g/mol. The van der Waals surface area contributed by atoms with Crippen molar-refractivity contribution in [1.29, 1.82) is 0 Å². The predicted molar refractivity (Wildman–Crippen MR) is 95.8 cm³/mol. The van der Waals surface area contributed by atoms with Gasteiger partial charge in [-0.15, -0.1) is 0 Å². The van der Waals surface area contributed by atoms with Gasteiger partial charge in [-0.05, 0) is 42.3 Å². The molecule has 0 aromatic heterocycles. The average Bonchev–Trinajstić information content (AvgIpc) is 3.12. The van der Waals surface area contributed by atoms with Crippen molar-refractivity contribution in [2.75, 3.05) is 13.2 Å². The smallest absolute Gasteiger partial charge is 0.374 e. The van der Waals surface area contributed by atoms with Crippen LogP contribution in [-0.2, 0) is 10.4 Å². The molecule has 4 nitrogen and oxygen atoms in total. The average molecular weight is 430 g/mol. The van der Waals surface area contributed by atoms with Crippen molar-refractivity contribution in [2.24, 2.45) is 5.16 Å². The second-order valence-electron chi connectivity index (χ2n) is 6.76. The lowest BCUT2D eigenvalue weighted by Crippen LogP contribution is -2.42. The van der Waals surface area contributed by atoms with Crippen LogP contribution in [0, 0.1) is 18.6 Å². The highest BCUT2D eigenvalue weighted by Gasteiger charge is 2.62. The summed E-state index contributed by atoms with van der Waals surface area (Å²) in [5.41, 5.74) is -3.00. The van der Waals surface area contributed by atoms with Crippen LogP contribution in [0.3, 0.4) is 0 Å². The Labute approximate surface area is 167 Å². The molecule has 0 fully saturated rings. The van der Waals surface area contributed by atoms with Crippen molar-refractivity contribution in [3.63, 3.8) is 0 Å². The maximum atomic E-state index is 13.9. The van der Waals surface area contributed by atoms with E-state index in [0.717, 1.165) is 0 Å². The fourth-order valence-corrected chi connectivity index (χ4v) is 3.20. The molecule has 1 amide bonds. The Kier molecular flexibility index (Phi) is 5.78. The van der Waals surface area contributed by atoms with Crippen LogP contribution in [0.2, 0.25) is 0 Å². The fraction of sp³-hybridized carbons (Fsp3) is 0.300. The third kappa shape index (κ3) is 3.99. The van der Waals surface area contributed by atoms with Gasteiger partial charge in [0.2, 0.25) is 0 Å². The number of halogens is 6. The largest absolute Gasteiger partial charge is 0.435 e. The van der Waals surface area contributed by atoms with Crippen LogP contribution in [0.15, 0.2) is 41.6 Å². The zero-order valence-electron chi connectivity index (χ0n) is 15.6. The van der Waals surface area contributed by atoms with Gasteiger partial charge in [-0.1, -0.05) is 11.2 Å². The molecule has 1 unspecified atom stereocenters. The van der Waals surface area contributed by atoms with E-state index in [9.17, 15) is 31.1 Å². The summed E-state index contributed by atoms with van der Waals surface area (Å²) >= 11 is 0. The number of alkyl halides is 4. The zero-order chi connectivity index (χ0) is 22.1. The lowest BCUT2D eigenvalue weighted by atomic mass is 9.86. The van der Waals surface area contributed by atoms with Gasteiger partial charge in [0.1, 0.15) is 18.3 Å². The molecule has 0 radical (unpaired) electrons. The quantitative estimate of drug-likeness (QED) is 0.708. The van der Waals surface area contributed by atoms with Crippen molar-refractivity contribution in [2.45, 2.75) is 25.1 Å². The van der Waals surface area contributed by atoms with Crippen molar-refractivity contribution >= 4 is 11.6 Å². The van der Waals surface area contributed by atoms with E-state index in [1.807, 2.05) is 0 Å². The molecular weight excluding hydrogens is 414 g/mol. The standard InChI is InChI=1S/C20H16F6N2O2/c1-11-6-12(2-3-16(11)18(29)27-5-4-21)17-10-19(30-28-17,20(24,25)26)13-7-14(22)9-15(23)8-13/h2-3,6-9H,4-5,10H2,1H3,(H,27,29). The highest BCUT2D eigenvalue weighted by molar-refractivity contribution is 6.03.